The van der Waals surface area contributed by atoms with E-state index in [2.05, 4.69) is 0 Å². The number of benzene rings is 1. The molecule has 1 aliphatic rings. The summed E-state index contributed by atoms with van der Waals surface area (Å²) >= 11 is 0. The maximum absolute atomic E-state index is 11.6. The molecule has 0 amide bonds. The number of cyclic esters (lactones) is 1. The summed E-state index contributed by atoms with van der Waals surface area (Å²) in [6.07, 6.45) is 1.69. The second-order valence-electron chi connectivity index (χ2n) is 4.68. The molecule has 2 rings (SSSR count). The Bertz CT molecular complexity index is 491. The van der Waals surface area contributed by atoms with Crippen molar-refractivity contribution in [1.82, 2.24) is 0 Å². The van der Waals surface area contributed by atoms with Crippen molar-refractivity contribution in [3.8, 4) is 5.75 Å². The van der Waals surface area contributed by atoms with Crippen LogP contribution in [0.25, 0.3) is 0 Å². The second kappa shape index (κ2) is 5.78. The maximum atomic E-state index is 11.6. The van der Waals surface area contributed by atoms with Gasteiger partial charge in [-0.3, -0.25) is 0 Å². The average molecular weight is 262 g/mol. The first-order chi connectivity index (χ1) is 9.08. The Morgan fingerprint density at radius 1 is 1.37 bits per heavy atom. The molecule has 0 aliphatic carbocycles. The highest BCUT2D eigenvalue weighted by Gasteiger charge is 2.25. The van der Waals surface area contributed by atoms with Gasteiger partial charge in [0.1, 0.15) is 17.6 Å². The van der Waals surface area contributed by atoms with E-state index in [1.807, 2.05) is 38.1 Å². The predicted molar refractivity (Wildman–Crippen MR) is 70.7 cm³/mol. The van der Waals surface area contributed by atoms with Crippen molar-refractivity contribution in [1.29, 1.82) is 0 Å². The third-order valence-corrected chi connectivity index (χ3v) is 2.78. The molecule has 1 aromatic carbocycles. The fourth-order valence-electron chi connectivity index (χ4n) is 2.00. The van der Waals surface area contributed by atoms with E-state index >= 15 is 0 Å². The zero-order valence-corrected chi connectivity index (χ0v) is 11.4. The topological polar surface area (TPSA) is 44.8 Å². The van der Waals surface area contributed by atoms with Gasteiger partial charge in [0, 0.05) is 6.42 Å². The molecule has 0 bridgehead atoms. The van der Waals surface area contributed by atoms with Crippen LogP contribution in [-0.4, -0.2) is 19.2 Å². The van der Waals surface area contributed by atoms with Gasteiger partial charge in [-0.1, -0.05) is 12.1 Å². The van der Waals surface area contributed by atoms with Crippen molar-refractivity contribution in [2.45, 2.75) is 32.5 Å². The summed E-state index contributed by atoms with van der Waals surface area (Å²) in [6.45, 7) is 3.86. The molecule has 0 radical (unpaired) electrons. The summed E-state index contributed by atoms with van der Waals surface area (Å²) in [6, 6.07) is 7.52. The smallest absolute Gasteiger partial charge is 0.334 e. The zero-order chi connectivity index (χ0) is 13.8. The first-order valence-corrected chi connectivity index (χ1v) is 6.30. The SMILES string of the molecule is COc1cccc(C2CC(OC(C)C)=CC(=O)O2)c1. The average Bonchev–Trinajstić information content (AvgIpc) is 2.37. The molecular weight excluding hydrogens is 244 g/mol. The third kappa shape index (κ3) is 3.50. The van der Waals surface area contributed by atoms with Gasteiger partial charge in [-0.2, -0.15) is 0 Å². The van der Waals surface area contributed by atoms with Gasteiger partial charge < -0.3 is 14.2 Å². The first-order valence-electron chi connectivity index (χ1n) is 6.30. The highest BCUT2D eigenvalue weighted by Crippen LogP contribution is 2.31. The van der Waals surface area contributed by atoms with Crippen LogP contribution < -0.4 is 4.74 Å². The Balaban J connectivity index is 2.17. The molecule has 1 heterocycles. The predicted octanol–water partition coefficient (Wildman–Crippen LogP) is 2.99. The molecule has 1 aromatic rings. The summed E-state index contributed by atoms with van der Waals surface area (Å²) in [5.41, 5.74) is 0.908. The van der Waals surface area contributed by atoms with E-state index in [1.54, 1.807) is 7.11 Å². The second-order valence-corrected chi connectivity index (χ2v) is 4.68. The molecule has 0 spiro atoms. The Hall–Kier alpha value is -1.97. The van der Waals surface area contributed by atoms with Crippen molar-refractivity contribution < 1.29 is 19.0 Å². The van der Waals surface area contributed by atoms with Crippen LogP contribution >= 0.6 is 0 Å². The lowest BCUT2D eigenvalue weighted by Crippen LogP contribution is -2.18. The van der Waals surface area contributed by atoms with Crippen molar-refractivity contribution in [2.75, 3.05) is 7.11 Å². The molecule has 4 nitrogen and oxygen atoms in total. The van der Waals surface area contributed by atoms with E-state index in [1.165, 1.54) is 6.08 Å². The number of hydrogen-bond donors (Lipinski definition) is 0. The van der Waals surface area contributed by atoms with Crippen LogP contribution in [0.15, 0.2) is 36.1 Å². The normalized spacial score (nSPS) is 18.8. The van der Waals surface area contributed by atoms with Crippen molar-refractivity contribution in [3.63, 3.8) is 0 Å². The Kier molecular flexibility index (Phi) is 4.10. The molecule has 1 atom stereocenters. The molecule has 19 heavy (non-hydrogen) atoms. The quantitative estimate of drug-likeness (QED) is 0.782. The van der Waals surface area contributed by atoms with Crippen LogP contribution in [0, 0.1) is 0 Å². The number of esters is 1. The van der Waals surface area contributed by atoms with E-state index in [0.29, 0.717) is 12.2 Å². The monoisotopic (exact) mass is 262 g/mol. The lowest BCUT2D eigenvalue weighted by molar-refractivity contribution is -0.146. The maximum Gasteiger partial charge on any atom is 0.334 e. The van der Waals surface area contributed by atoms with Gasteiger partial charge in [0.2, 0.25) is 0 Å². The fraction of sp³-hybridized carbons (Fsp3) is 0.400. The minimum Gasteiger partial charge on any atom is -0.497 e. The van der Waals surface area contributed by atoms with Gasteiger partial charge >= 0.3 is 5.97 Å². The molecule has 0 N–H and O–H groups in total. The molecule has 0 saturated heterocycles. The van der Waals surface area contributed by atoms with E-state index in [9.17, 15) is 4.79 Å². The number of ether oxygens (including phenoxy) is 3. The van der Waals surface area contributed by atoms with Crippen molar-refractivity contribution in [3.05, 3.63) is 41.7 Å². The van der Waals surface area contributed by atoms with E-state index in [0.717, 1.165) is 11.3 Å². The summed E-state index contributed by atoms with van der Waals surface area (Å²) in [5, 5.41) is 0. The third-order valence-electron chi connectivity index (χ3n) is 2.78. The van der Waals surface area contributed by atoms with E-state index in [-0.39, 0.29) is 18.2 Å². The van der Waals surface area contributed by atoms with Crippen LogP contribution in [-0.2, 0) is 14.3 Å². The minimum atomic E-state index is -0.366. The van der Waals surface area contributed by atoms with Gasteiger partial charge in [0.05, 0.1) is 19.3 Å². The summed E-state index contributed by atoms with van der Waals surface area (Å²) in [4.78, 5) is 11.6. The summed E-state index contributed by atoms with van der Waals surface area (Å²) < 4.78 is 16.1. The fourth-order valence-corrected chi connectivity index (χ4v) is 2.00. The van der Waals surface area contributed by atoms with Crippen molar-refractivity contribution in [2.24, 2.45) is 0 Å². The molecule has 1 unspecified atom stereocenters. The lowest BCUT2D eigenvalue weighted by atomic mass is 10.0. The summed E-state index contributed by atoms with van der Waals surface area (Å²) in [5.74, 6) is 1.04. The molecule has 0 aromatic heterocycles. The van der Waals surface area contributed by atoms with E-state index < -0.39 is 0 Å². The number of rotatable bonds is 4. The molecule has 1 aliphatic heterocycles. The molecular formula is C15H18O4. The number of carbonyl (C=O) groups excluding carboxylic acids is 1. The van der Waals surface area contributed by atoms with Crippen LogP contribution in [0.4, 0.5) is 0 Å². The number of hydrogen-bond acceptors (Lipinski definition) is 4. The van der Waals surface area contributed by atoms with Crippen molar-refractivity contribution >= 4 is 5.97 Å². The highest BCUT2D eigenvalue weighted by atomic mass is 16.6. The molecule has 102 valence electrons. The van der Waals surface area contributed by atoms with Gasteiger partial charge in [-0.25, -0.2) is 4.79 Å². The molecule has 0 fully saturated rings. The van der Waals surface area contributed by atoms with Gasteiger partial charge in [-0.15, -0.1) is 0 Å². The van der Waals surface area contributed by atoms with Gasteiger partial charge in [0.25, 0.3) is 0 Å². The number of methoxy groups -OCH3 is 1. The van der Waals surface area contributed by atoms with Crippen LogP contribution in [0.5, 0.6) is 5.75 Å². The summed E-state index contributed by atoms with van der Waals surface area (Å²) in [7, 11) is 1.61. The zero-order valence-electron chi connectivity index (χ0n) is 11.4. The first kappa shape index (κ1) is 13.5. The lowest BCUT2D eigenvalue weighted by Gasteiger charge is -2.25. The van der Waals surface area contributed by atoms with Gasteiger partial charge in [-0.05, 0) is 31.5 Å². The van der Waals surface area contributed by atoms with Crippen LogP contribution in [0.3, 0.4) is 0 Å². The Morgan fingerprint density at radius 3 is 2.84 bits per heavy atom. The molecule has 0 saturated carbocycles. The highest BCUT2D eigenvalue weighted by molar-refractivity contribution is 5.83. The molecule has 4 heteroatoms. The number of carbonyl (C=O) groups is 1. The minimum absolute atomic E-state index is 0.0445. The Morgan fingerprint density at radius 2 is 2.16 bits per heavy atom. The van der Waals surface area contributed by atoms with Crippen LogP contribution in [0.1, 0.15) is 31.9 Å². The largest absolute Gasteiger partial charge is 0.497 e. The Labute approximate surface area is 113 Å². The van der Waals surface area contributed by atoms with Gasteiger partial charge in [0.15, 0.2) is 0 Å². The van der Waals surface area contributed by atoms with Crippen LogP contribution in [0.2, 0.25) is 0 Å². The standard InChI is InChI=1S/C15H18O4/c1-10(2)18-13-8-14(19-15(16)9-13)11-5-4-6-12(7-11)17-3/h4-7,9-10,14H,8H2,1-3H3. The van der Waals surface area contributed by atoms with E-state index in [4.69, 9.17) is 14.2 Å².